The molecular formula is C19H15F4N. The molecule has 1 nitrogen and oxygen atoms in total. The Hall–Kier alpha value is -2.40. The lowest BCUT2D eigenvalue weighted by Crippen LogP contribution is -2.17. The van der Waals surface area contributed by atoms with Gasteiger partial charge in [-0.3, -0.25) is 0 Å². The summed E-state index contributed by atoms with van der Waals surface area (Å²) in [6.07, 6.45) is 0. The van der Waals surface area contributed by atoms with Crippen LogP contribution >= 0.6 is 0 Å². The maximum atomic E-state index is 13.9. The quantitative estimate of drug-likeness (QED) is 0.524. The Bertz CT molecular complexity index is 871. The summed E-state index contributed by atoms with van der Waals surface area (Å²) in [5.74, 6) is -5.40. The molecule has 0 atom stereocenters. The van der Waals surface area contributed by atoms with Gasteiger partial charge in [0.25, 0.3) is 0 Å². The van der Waals surface area contributed by atoms with Crippen molar-refractivity contribution in [2.45, 2.75) is 20.0 Å². The van der Waals surface area contributed by atoms with Crippen molar-refractivity contribution in [3.8, 4) is 0 Å². The second-order valence-corrected chi connectivity index (χ2v) is 5.60. The molecule has 0 radical (unpaired) electrons. The summed E-state index contributed by atoms with van der Waals surface area (Å²) >= 11 is 0. The highest BCUT2D eigenvalue weighted by molar-refractivity contribution is 5.85. The summed E-state index contributed by atoms with van der Waals surface area (Å²) in [4.78, 5) is 0. The van der Waals surface area contributed by atoms with E-state index in [0.717, 1.165) is 23.3 Å². The van der Waals surface area contributed by atoms with Crippen LogP contribution in [0.15, 0.2) is 42.5 Å². The van der Waals surface area contributed by atoms with Crippen molar-refractivity contribution in [1.29, 1.82) is 0 Å². The second-order valence-electron chi connectivity index (χ2n) is 5.60. The molecule has 0 bridgehead atoms. The van der Waals surface area contributed by atoms with Gasteiger partial charge in [0.2, 0.25) is 0 Å². The lowest BCUT2D eigenvalue weighted by atomic mass is 10.0. The van der Waals surface area contributed by atoms with Crippen LogP contribution in [0.3, 0.4) is 0 Å². The third-order valence-electron chi connectivity index (χ3n) is 4.07. The Balaban J connectivity index is 1.82. The number of rotatable bonds is 4. The van der Waals surface area contributed by atoms with Gasteiger partial charge in [-0.15, -0.1) is 0 Å². The molecule has 0 aliphatic carbocycles. The van der Waals surface area contributed by atoms with E-state index in [4.69, 9.17) is 0 Å². The van der Waals surface area contributed by atoms with Gasteiger partial charge in [-0.05, 0) is 23.3 Å². The van der Waals surface area contributed by atoms with Crippen LogP contribution in [0, 0.1) is 30.2 Å². The predicted molar refractivity (Wildman–Crippen MR) is 85.5 cm³/mol. The second kappa shape index (κ2) is 6.61. The van der Waals surface area contributed by atoms with Crippen molar-refractivity contribution >= 4 is 10.8 Å². The first-order valence-electron chi connectivity index (χ1n) is 7.49. The fraction of sp³-hybridized carbons (Fsp3) is 0.158. The SMILES string of the molecule is Cc1c(F)c(F)c(CNCc2cccc3ccccc23)c(F)c1F. The van der Waals surface area contributed by atoms with E-state index in [1.165, 1.54) is 0 Å². The van der Waals surface area contributed by atoms with Gasteiger partial charge in [-0.1, -0.05) is 42.5 Å². The molecule has 5 heteroatoms. The van der Waals surface area contributed by atoms with Gasteiger partial charge in [0, 0.05) is 24.2 Å². The van der Waals surface area contributed by atoms with Gasteiger partial charge in [0.1, 0.15) is 0 Å². The number of fused-ring (bicyclic) bond motifs is 1. The standard InChI is InChI=1S/C19H15F4N/c1-11-16(20)18(22)15(19(23)17(11)21)10-24-9-13-7-4-6-12-5-2-3-8-14(12)13/h2-8,24H,9-10H2,1H3. The van der Waals surface area contributed by atoms with Crippen LogP contribution in [0.2, 0.25) is 0 Å². The number of benzene rings is 3. The topological polar surface area (TPSA) is 12.0 Å². The highest BCUT2D eigenvalue weighted by Gasteiger charge is 2.22. The van der Waals surface area contributed by atoms with Gasteiger partial charge in [0.15, 0.2) is 23.3 Å². The largest absolute Gasteiger partial charge is 0.308 e. The summed E-state index contributed by atoms with van der Waals surface area (Å²) in [5.41, 5.74) is -0.347. The van der Waals surface area contributed by atoms with Crippen LogP contribution in [0.5, 0.6) is 0 Å². The molecule has 0 aliphatic heterocycles. The van der Waals surface area contributed by atoms with Crippen molar-refractivity contribution in [1.82, 2.24) is 5.32 Å². The molecule has 0 aromatic heterocycles. The van der Waals surface area contributed by atoms with E-state index in [0.29, 0.717) is 6.54 Å². The average Bonchev–Trinajstić information content (AvgIpc) is 2.61. The first kappa shape index (κ1) is 16.5. The van der Waals surface area contributed by atoms with E-state index in [1.54, 1.807) is 0 Å². The molecule has 0 amide bonds. The van der Waals surface area contributed by atoms with Gasteiger partial charge in [-0.25, -0.2) is 17.6 Å². The normalized spacial score (nSPS) is 11.2. The van der Waals surface area contributed by atoms with E-state index in [9.17, 15) is 17.6 Å². The van der Waals surface area contributed by atoms with Crippen LogP contribution in [-0.2, 0) is 13.1 Å². The van der Waals surface area contributed by atoms with Crippen LogP contribution in [0.25, 0.3) is 10.8 Å². The Morgan fingerprint density at radius 2 is 1.38 bits per heavy atom. The van der Waals surface area contributed by atoms with Crippen LogP contribution in [-0.4, -0.2) is 0 Å². The summed E-state index contributed by atoms with van der Waals surface area (Å²) in [6.45, 7) is 1.01. The summed E-state index contributed by atoms with van der Waals surface area (Å²) in [6, 6.07) is 13.5. The molecular weight excluding hydrogens is 318 g/mol. The third-order valence-corrected chi connectivity index (χ3v) is 4.07. The average molecular weight is 333 g/mol. The monoisotopic (exact) mass is 333 g/mol. The minimum absolute atomic E-state index is 0.311. The summed E-state index contributed by atoms with van der Waals surface area (Å²) < 4.78 is 54.9. The lowest BCUT2D eigenvalue weighted by molar-refractivity contribution is 0.425. The van der Waals surface area contributed by atoms with E-state index >= 15 is 0 Å². The minimum Gasteiger partial charge on any atom is -0.308 e. The molecule has 0 saturated carbocycles. The zero-order valence-electron chi connectivity index (χ0n) is 13.0. The molecule has 24 heavy (non-hydrogen) atoms. The van der Waals surface area contributed by atoms with Gasteiger partial charge in [-0.2, -0.15) is 0 Å². The molecule has 0 saturated heterocycles. The Morgan fingerprint density at radius 1 is 0.750 bits per heavy atom. The smallest absolute Gasteiger partial charge is 0.166 e. The fourth-order valence-electron chi connectivity index (χ4n) is 2.71. The molecule has 0 unspecified atom stereocenters. The molecule has 3 aromatic rings. The third kappa shape index (κ3) is 2.87. The first-order valence-corrected chi connectivity index (χ1v) is 7.49. The minimum atomic E-state index is -1.35. The van der Waals surface area contributed by atoms with Crippen LogP contribution in [0.1, 0.15) is 16.7 Å². The van der Waals surface area contributed by atoms with Gasteiger partial charge >= 0.3 is 0 Å². The van der Waals surface area contributed by atoms with Crippen molar-refractivity contribution in [3.63, 3.8) is 0 Å². The molecule has 0 fully saturated rings. The van der Waals surface area contributed by atoms with E-state index in [-0.39, 0.29) is 6.54 Å². The maximum Gasteiger partial charge on any atom is 0.166 e. The molecule has 3 rings (SSSR count). The number of hydrogen-bond donors (Lipinski definition) is 1. The molecule has 0 aliphatic rings. The summed E-state index contributed by atoms with van der Waals surface area (Å²) in [7, 11) is 0. The highest BCUT2D eigenvalue weighted by Crippen LogP contribution is 2.24. The fourth-order valence-corrected chi connectivity index (χ4v) is 2.71. The van der Waals surface area contributed by atoms with Crippen molar-refractivity contribution in [2.75, 3.05) is 0 Å². The number of halogens is 4. The van der Waals surface area contributed by atoms with Crippen LogP contribution in [0.4, 0.5) is 17.6 Å². The number of hydrogen-bond acceptors (Lipinski definition) is 1. The van der Waals surface area contributed by atoms with E-state index < -0.39 is 34.4 Å². The molecule has 124 valence electrons. The Kier molecular flexibility index (Phi) is 4.53. The van der Waals surface area contributed by atoms with Gasteiger partial charge in [0.05, 0.1) is 0 Å². The predicted octanol–water partition coefficient (Wildman–Crippen LogP) is 4.99. The Labute approximate surface area is 136 Å². The van der Waals surface area contributed by atoms with Crippen molar-refractivity contribution < 1.29 is 17.6 Å². The first-order chi connectivity index (χ1) is 11.5. The lowest BCUT2D eigenvalue weighted by Gasteiger charge is -2.12. The van der Waals surface area contributed by atoms with E-state index in [2.05, 4.69) is 5.32 Å². The zero-order valence-corrected chi connectivity index (χ0v) is 13.0. The van der Waals surface area contributed by atoms with Crippen molar-refractivity contribution in [2.24, 2.45) is 0 Å². The molecule has 0 heterocycles. The maximum absolute atomic E-state index is 13.9. The van der Waals surface area contributed by atoms with Crippen molar-refractivity contribution in [3.05, 3.63) is 82.4 Å². The van der Waals surface area contributed by atoms with Gasteiger partial charge < -0.3 is 5.32 Å². The Morgan fingerprint density at radius 3 is 2.08 bits per heavy atom. The zero-order chi connectivity index (χ0) is 17.3. The molecule has 1 N–H and O–H groups in total. The molecule has 3 aromatic carbocycles. The summed E-state index contributed by atoms with van der Waals surface area (Å²) in [5, 5.41) is 4.90. The number of nitrogens with one attached hydrogen (secondary N) is 1. The molecule has 0 spiro atoms. The van der Waals surface area contributed by atoms with E-state index in [1.807, 2.05) is 42.5 Å². The van der Waals surface area contributed by atoms with Crippen LogP contribution < -0.4 is 5.32 Å². The highest BCUT2D eigenvalue weighted by atomic mass is 19.2.